The molecule has 1 aromatic carbocycles. The summed E-state index contributed by atoms with van der Waals surface area (Å²) >= 11 is 0. The maximum atomic E-state index is 4.25. The molecule has 0 amide bonds. The summed E-state index contributed by atoms with van der Waals surface area (Å²) in [5, 5.41) is 3.09. The largest absolute Gasteiger partial charge is 0.372 e. The van der Waals surface area contributed by atoms with Crippen molar-refractivity contribution in [2.75, 3.05) is 30.4 Å². The van der Waals surface area contributed by atoms with Gasteiger partial charge < -0.3 is 10.2 Å². The normalized spacial score (nSPS) is 15.1. The number of nitrogens with zero attached hydrogens (tertiary/aromatic N) is 3. The van der Waals surface area contributed by atoms with E-state index in [-0.39, 0.29) is 0 Å². The predicted molar refractivity (Wildman–Crippen MR) is 74.6 cm³/mol. The van der Waals surface area contributed by atoms with Gasteiger partial charge in [-0.3, -0.25) is 4.57 Å². The molecule has 1 aromatic heterocycles. The molecule has 1 N–H and O–H groups in total. The third-order valence-electron chi connectivity index (χ3n) is 3.46. The van der Waals surface area contributed by atoms with Gasteiger partial charge in [0.1, 0.15) is 0 Å². The first kappa shape index (κ1) is 11.1. The molecule has 0 bridgehead atoms. The Morgan fingerprint density at radius 3 is 2.39 bits per heavy atom. The molecule has 0 spiro atoms. The number of anilines is 2. The predicted octanol–water partition coefficient (Wildman–Crippen LogP) is 2.51. The van der Waals surface area contributed by atoms with Gasteiger partial charge in [0.15, 0.2) is 0 Å². The van der Waals surface area contributed by atoms with Crippen LogP contribution in [0, 0.1) is 0 Å². The minimum absolute atomic E-state index is 0.865. The average molecular weight is 242 g/mol. The Bertz CT molecular complexity index is 509. The number of benzene rings is 1. The van der Waals surface area contributed by atoms with Crippen LogP contribution in [-0.2, 0) is 0 Å². The molecular formula is C14H18N4. The minimum atomic E-state index is 0.865. The summed E-state index contributed by atoms with van der Waals surface area (Å²) in [5.41, 5.74) is 2.46. The molecule has 1 aliphatic heterocycles. The van der Waals surface area contributed by atoms with Crippen molar-refractivity contribution in [1.29, 1.82) is 0 Å². The molecule has 0 saturated carbocycles. The van der Waals surface area contributed by atoms with Gasteiger partial charge in [0.2, 0.25) is 5.95 Å². The lowest BCUT2D eigenvalue weighted by atomic mass is 10.2. The van der Waals surface area contributed by atoms with Gasteiger partial charge in [0.05, 0.1) is 0 Å². The lowest BCUT2D eigenvalue weighted by molar-refractivity contribution is 0.949. The van der Waals surface area contributed by atoms with E-state index in [9.17, 15) is 0 Å². The van der Waals surface area contributed by atoms with E-state index in [1.165, 1.54) is 31.6 Å². The fourth-order valence-electron chi connectivity index (χ4n) is 2.50. The summed E-state index contributed by atoms with van der Waals surface area (Å²) in [6.45, 7) is 2.37. The molecule has 3 rings (SSSR count). The molecule has 0 atom stereocenters. The minimum Gasteiger partial charge on any atom is -0.372 e. The van der Waals surface area contributed by atoms with Crippen molar-refractivity contribution >= 4 is 11.6 Å². The molecular weight excluding hydrogens is 224 g/mol. The molecule has 18 heavy (non-hydrogen) atoms. The van der Waals surface area contributed by atoms with Crippen LogP contribution >= 0.6 is 0 Å². The van der Waals surface area contributed by atoms with Crippen molar-refractivity contribution in [2.24, 2.45) is 0 Å². The van der Waals surface area contributed by atoms with E-state index in [4.69, 9.17) is 0 Å². The summed E-state index contributed by atoms with van der Waals surface area (Å²) in [6.07, 6.45) is 6.40. The van der Waals surface area contributed by atoms with Crippen LogP contribution in [0.4, 0.5) is 11.6 Å². The molecule has 1 fully saturated rings. The number of imidazole rings is 1. The Labute approximate surface area is 107 Å². The molecule has 0 radical (unpaired) electrons. The van der Waals surface area contributed by atoms with Crippen LogP contribution in [0.5, 0.6) is 0 Å². The van der Waals surface area contributed by atoms with E-state index in [0.29, 0.717) is 0 Å². The lowest BCUT2D eigenvalue weighted by Gasteiger charge is -2.18. The van der Waals surface area contributed by atoms with Gasteiger partial charge in [-0.05, 0) is 37.1 Å². The number of hydrogen-bond donors (Lipinski definition) is 1. The van der Waals surface area contributed by atoms with E-state index in [0.717, 1.165) is 11.6 Å². The zero-order valence-corrected chi connectivity index (χ0v) is 10.6. The Hall–Kier alpha value is -1.97. The third-order valence-corrected chi connectivity index (χ3v) is 3.46. The van der Waals surface area contributed by atoms with Crippen LogP contribution < -0.4 is 10.2 Å². The van der Waals surface area contributed by atoms with Crippen molar-refractivity contribution in [1.82, 2.24) is 9.55 Å². The van der Waals surface area contributed by atoms with Crippen molar-refractivity contribution in [3.05, 3.63) is 36.7 Å². The summed E-state index contributed by atoms with van der Waals surface area (Å²) < 4.78 is 2.05. The van der Waals surface area contributed by atoms with E-state index in [1.54, 1.807) is 6.20 Å². The number of nitrogens with one attached hydrogen (secondary N) is 1. The van der Waals surface area contributed by atoms with Crippen LogP contribution in [0.25, 0.3) is 5.69 Å². The highest BCUT2D eigenvalue weighted by atomic mass is 15.2. The van der Waals surface area contributed by atoms with Crippen LogP contribution in [0.1, 0.15) is 12.8 Å². The second kappa shape index (κ2) is 4.72. The summed E-state index contributed by atoms with van der Waals surface area (Å²) in [7, 11) is 1.89. The quantitative estimate of drug-likeness (QED) is 0.897. The van der Waals surface area contributed by atoms with Crippen LogP contribution in [0.2, 0.25) is 0 Å². The molecule has 4 nitrogen and oxygen atoms in total. The highest BCUT2D eigenvalue weighted by Gasteiger charge is 2.12. The number of rotatable bonds is 3. The van der Waals surface area contributed by atoms with Crippen molar-refractivity contribution in [2.45, 2.75) is 12.8 Å². The van der Waals surface area contributed by atoms with Gasteiger partial charge in [-0.2, -0.15) is 0 Å². The summed E-state index contributed by atoms with van der Waals surface area (Å²) in [5.74, 6) is 0.865. The topological polar surface area (TPSA) is 33.1 Å². The first-order chi connectivity index (χ1) is 8.88. The van der Waals surface area contributed by atoms with Gasteiger partial charge in [-0.25, -0.2) is 4.98 Å². The first-order valence-corrected chi connectivity index (χ1v) is 6.45. The molecule has 2 aromatic rings. The van der Waals surface area contributed by atoms with E-state index in [2.05, 4.69) is 39.5 Å². The van der Waals surface area contributed by atoms with Gasteiger partial charge in [0.25, 0.3) is 0 Å². The fraction of sp³-hybridized carbons (Fsp3) is 0.357. The van der Waals surface area contributed by atoms with Gasteiger partial charge in [-0.1, -0.05) is 0 Å². The molecule has 1 saturated heterocycles. The first-order valence-electron chi connectivity index (χ1n) is 6.45. The fourth-order valence-corrected chi connectivity index (χ4v) is 2.50. The molecule has 2 heterocycles. The van der Waals surface area contributed by atoms with E-state index >= 15 is 0 Å². The van der Waals surface area contributed by atoms with Gasteiger partial charge >= 0.3 is 0 Å². The number of hydrogen-bond acceptors (Lipinski definition) is 3. The maximum absolute atomic E-state index is 4.25. The Kier molecular flexibility index (Phi) is 2.92. The zero-order chi connectivity index (χ0) is 12.4. The average Bonchev–Trinajstić information content (AvgIpc) is 3.10. The van der Waals surface area contributed by atoms with Crippen molar-refractivity contribution in [3.8, 4) is 5.69 Å². The van der Waals surface area contributed by atoms with Crippen LogP contribution in [0.15, 0.2) is 36.7 Å². The van der Waals surface area contributed by atoms with E-state index in [1.807, 2.05) is 17.8 Å². The Morgan fingerprint density at radius 1 is 1.06 bits per heavy atom. The SMILES string of the molecule is CNc1nccn1-c1ccc(N2CCCC2)cc1. The summed E-state index contributed by atoms with van der Waals surface area (Å²) in [6, 6.07) is 8.69. The highest BCUT2D eigenvalue weighted by molar-refractivity contribution is 5.53. The van der Waals surface area contributed by atoms with E-state index < -0.39 is 0 Å². The zero-order valence-electron chi connectivity index (χ0n) is 10.6. The molecule has 0 unspecified atom stereocenters. The van der Waals surface area contributed by atoms with Gasteiger partial charge in [-0.15, -0.1) is 0 Å². The highest BCUT2D eigenvalue weighted by Crippen LogP contribution is 2.22. The second-order valence-corrected chi connectivity index (χ2v) is 4.58. The Morgan fingerprint density at radius 2 is 1.72 bits per heavy atom. The molecule has 94 valence electrons. The van der Waals surface area contributed by atoms with Crippen LogP contribution in [0.3, 0.4) is 0 Å². The van der Waals surface area contributed by atoms with Crippen molar-refractivity contribution < 1.29 is 0 Å². The standard InChI is InChI=1S/C14H18N4/c1-15-14-16-8-11-18(14)13-6-4-12(5-7-13)17-9-2-3-10-17/h4-8,11H,2-3,9-10H2,1H3,(H,15,16). The molecule has 4 heteroatoms. The molecule has 0 aliphatic carbocycles. The van der Waals surface area contributed by atoms with Crippen LogP contribution in [-0.4, -0.2) is 29.7 Å². The smallest absolute Gasteiger partial charge is 0.207 e. The maximum Gasteiger partial charge on any atom is 0.207 e. The summed E-state index contributed by atoms with van der Waals surface area (Å²) in [4.78, 5) is 6.69. The van der Waals surface area contributed by atoms with Gasteiger partial charge in [0, 0.05) is 43.9 Å². The Balaban J connectivity index is 1.86. The molecule has 1 aliphatic rings. The lowest BCUT2D eigenvalue weighted by Crippen LogP contribution is -2.17. The monoisotopic (exact) mass is 242 g/mol. The third kappa shape index (κ3) is 1.94. The van der Waals surface area contributed by atoms with Crippen molar-refractivity contribution in [3.63, 3.8) is 0 Å². The second-order valence-electron chi connectivity index (χ2n) is 4.58. The number of aromatic nitrogens is 2.